The van der Waals surface area contributed by atoms with Gasteiger partial charge in [0.2, 0.25) is 16.0 Å². The molecular formula is C19H19FN6OS. The number of imidazole rings is 1. The molecule has 1 atom stereocenters. The molecule has 144 valence electrons. The van der Waals surface area contributed by atoms with E-state index in [9.17, 15) is 4.39 Å². The Balaban J connectivity index is 1.43. The summed E-state index contributed by atoms with van der Waals surface area (Å²) in [6.45, 7) is 4.98. The van der Waals surface area contributed by atoms with Crippen molar-refractivity contribution in [1.82, 2.24) is 24.7 Å². The first kappa shape index (κ1) is 17.3. The van der Waals surface area contributed by atoms with E-state index in [0.717, 1.165) is 46.6 Å². The van der Waals surface area contributed by atoms with E-state index in [0.29, 0.717) is 5.89 Å². The summed E-state index contributed by atoms with van der Waals surface area (Å²) in [5.74, 6) is 1.34. The van der Waals surface area contributed by atoms with Gasteiger partial charge in [0, 0.05) is 18.0 Å². The van der Waals surface area contributed by atoms with E-state index in [1.54, 1.807) is 16.6 Å². The molecule has 9 heteroatoms. The van der Waals surface area contributed by atoms with Gasteiger partial charge < -0.3 is 9.42 Å². The van der Waals surface area contributed by atoms with Crippen LogP contribution in [0.5, 0.6) is 0 Å². The van der Waals surface area contributed by atoms with Gasteiger partial charge in [-0.25, -0.2) is 13.9 Å². The molecule has 28 heavy (non-hydrogen) atoms. The average molecular weight is 398 g/mol. The molecule has 1 saturated heterocycles. The first-order chi connectivity index (χ1) is 13.6. The number of halogens is 1. The van der Waals surface area contributed by atoms with Crippen LogP contribution in [-0.4, -0.2) is 31.3 Å². The van der Waals surface area contributed by atoms with Crippen molar-refractivity contribution in [3.05, 3.63) is 48.0 Å². The SMILES string of the molecule is CC(C)c1nc(C2CCCN2c2nn3cc(-c4ccc(F)cc4)nc3s2)no1. The predicted octanol–water partition coefficient (Wildman–Crippen LogP) is 4.44. The van der Waals surface area contributed by atoms with Gasteiger partial charge >= 0.3 is 0 Å². The Bertz CT molecular complexity index is 1080. The Kier molecular flexibility index (Phi) is 4.12. The molecule has 0 aliphatic carbocycles. The monoisotopic (exact) mass is 398 g/mol. The molecule has 0 amide bonds. The lowest BCUT2D eigenvalue weighted by Gasteiger charge is -2.20. The lowest BCUT2D eigenvalue weighted by atomic mass is 10.2. The zero-order valence-corrected chi connectivity index (χ0v) is 16.4. The van der Waals surface area contributed by atoms with Gasteiger partial charge in [-0.05, 0) is 37.1 Å². The smallest absolute Gasteiger partial charge is 0.229 e. The summed E-state index contributed by atoms with van der Waals surface area (Å²) in [5, 5.41) is 9.80. The highest BCUT2D eigenvalue weighted by Gasteiger charge is 2.32. The molecule has 3 aromatic heterocycles. The third-order valence-corrected chi connectivity index (χ3v) is 5.88. The Labute approximate surface area is 164 Å². The number of fused-ring (bicyclic) bond motifs is 1. The number of benzene rings is 1. The van der Waals surface area contributed by atoms with E-state index in [4.69, 9.17) is 9.62 Å². The number of hydrogen-bond acceptors (Lipinski definition) is 7. The van der Waals surface area contributed by atoms with E-state index >= 15 is 0 Å². The third kappa shape index (κ3) is 2.95. The normalized spacial score (nSPS) is 17.3. The van der Waals surface area contributed by atoms with Crippen LogP contribution in [-0.2, 0) is 0 Å². The van der Waals surface area contributed by atoms with Crippen LogP contribution in [0.25, 0.3) is 16.2 Å². The first-order valence-corrected chi connectivity index (χ1v) is 10.1. The van der Waals surface area contributed by atoms with Crippen molar-refractivity contribution in [3.63, 3.8) is 0 Å². The number of anilines is 1. The number of nitrogens with zero attached hydrogens (tertiary/aromatic N) is 6. The quantitative estimate of drug-likeness (QED) is 0.506. The first-order valence-electron chi connectivity index (χ1n) is 9.31. The van der Waals surface area contributed by atoms with E-state index in [-0.39, 0.29) is 17.8 Å². The maximum atomic E-state index is 13.1. The number of aromatic nitrogens is 5. The second kappa shape index (κ2) is 6.66. The molecule has 0 bridgehead atoms. The average Bonchev–Trinajstić information content (AvgIpc) is 3.43. The van der Waals surface area contributed by atoms with Crippen molar-refractivity contribution < 1.29 is 8.91 Å². The molecule has 0 radical (unpaired) electrons. The largest absolute Gasteiger partial charge is 0.339 e. The minimum atomic E-state index is -0.257. The van der Waals surface area contributed by atoms with Crippen molar-refractivity contribution in [3.8, 4) is 11.3 Å². The highest BCUT2D eigenvalue weighted by Crippen LogP contribution is 2.37. The molecule has 0 N–H and O–H groups in total. The van der Waals surface area contributed by atoms with Crippen molar-refractivity contribution in [2.75, 3.05) is 11.4 Å². The van der Waals surface area contributed by atoms with Crippen LogP contribution in [0.3, 0.4) is 0 Å². The molecule has 1 fully saturated rings. The summed E-state index contributed by atoms with van der Waals surface area (Å²) >= 11 is 1.53. The summed E-state index contributed by atoms with van der Waals surface area (Å²) in [6, 6.07) is 6.40. The summed E-state index contributed by atoms with van der Waals surface area (Å²) in [7, 11) is 0. The molecule has 1 unspecified atom stereocenters. The van der Waals surface area contributed by atoms with Gasteiger partial charge in [-0.3, -0.25) is 0 Å². The number of hydrogen-bond donors (Lipinski definition) is 0. The Morgan fingerprint density at radius 3 is 2.75 bits per heavy atom. The van der Waals surface area contributed by atoms with E-state index in [1.807, 2.05) is 20.0 Å². The van der Waals surface area contributed by atoms with Crippen LogP contribution >= 0.6 is 11.3 Å². The molecule has 1 aliphatic rings. The Hall–Kier alpha value is -2.81. The van der Waals surface area contributed by atoms with Crippen LogP contribution in [0.1, 0.15) is 50.4 Å². The Morgan fingerprint density at radius 2 is 2.04 bits per heavy atom. The van der Waals surface area contributed by atoms with E-state index in [2.05, 4.69) is 20.0 Å². The topological polar surface area (TPSA) is 72.4 Å². The third-order valence-electron chi connectivity index (χ3n) is 4.92. The van der Waals surface area contributed by atoms with Crippen LogP contribution < -0.4 is 4.90 Å². The fraction of sp³-hybridized carbons (Fsp3) is 0.368. The highest BCUT2D eigenvalue weighted by atomic mass is 32.1. The highest BCUT2D eigenvalue weighted by molar-refractivity contribution is 7.20. The molecule has 4 aromatic rings. The minimum absolute atomic E-state index is 0.0728. The van der Waals surface area contributed by atoms with Crippen LogP contribution in [0.4, 0.5) is 9.52 Å². The van der Waals surface area contributed by atoms with Gasteiger partial charge in [0.25, 0.3) is 0 Å². The molecule has 7 nitrogen and oxygen atoms in total. The van der Waals surface area contributed by atoms with Crippen molar-refractivity contribution in [2.24, 2.45) is 0 Å². The fourth-order valence-electron chi connectivity index (χ4n) is 3.45. The molecule has 1 aliphatic heterocycles. The van der Waals surface area contributed by atoms with Crippen molar-refractivity contribution in [2.45, 2.75) is 38.6 Å². The lowest BCUT2D eigenvalue weighted by Crippen LogP contribution is -2.23. The number of rotatable bonds is 4. The van der Waals surface area contributed by atoms with Crippen LogP contribution in [0.2, 0.25) is 0 Å². The molecule has 4 heterocycles. The predicted molar refractivity (Wildman–Crippen MR) is 104 cm³/mol. The van der Waals surface area contributed by atoms with Crippen molar-refractivity contribution >= 4 is 21.4 Å². The van der Waals surface area contributed by atoms with Gasteiger partial charge in [0.15, 0.2) is 5.82 Å². The van der Waals surface area contributed by atoms with E-state index in [1.165, 1.54) is 23.5 Å². The van der Waals surface area contributed by atoms with Gasteiger partial charge in [0.05, 0.1) is 17.9 Å². The van der Waals surface area contributed by atoms with Crippen molar-refractivity contribution in [1.29, 1.82) is 0 Å². The zero-order chi connectivity index (χ0) is 19.3. The van der Waals surface area contributed by atoms with Gasteiger partial charge in [0.1, 0.15) is 5.82 Å². The van der Waals surface area contributed by atoms with E-state index < -0.39 is 0 Å². The zero-order valence-electron chi connectivity index (χ0n) is 15.5. The molecule has 5 rings (SSSR count). The maximum Gasteiger partial charge on any atom is 0.229 e. The standard InChI is InChI=1S/C19H19FN6OS/c1-11(2)17-22-16(24-27-17)15-4-3-9-25(15)19-23-26-10-14(21-18(26)28-19)12-5-7-13(20)8-6-12/h5-8,10-11,15H,3-4,9H2,1-2H3. The molecule has 0 saturated carbocycles. The van der Waals surface area contributed by atoms with Crippen LogP contribution in [0, 0.1) is 5.82 Å². The fourth-order valence-corrected chi connectivity index (χ4v) is 4.41. The second-order valence-corrected chi connectivity index (χ2v) is 8.18. The van der Waals surface area contributed by atoms with Gasteiger partial charge in [-0.2, -0.15) is 4.98 Å². The summed E-state index contributed by atoms with van der Waals surface area (Å²) < 4.78 is 20.3. The van der Waals surface area contributed by atoms with Gasteiger partial charge in [-0.15, -0.1) is 5.10 Å². The molecule has 0 spiro atoms. The summed E-state index contributed by atoms with van der Waals surface area (Å²) in [5.41, 5.74) is 1.65. The molecule has 1 aromatic carbocycles. The maximum absolute atomic E-state index is 13.1. The second-order valence-electron chi connectivity index (χ2n) is 7.24. The van der Waals surface area contributed by atoms with Gasteiger partial charge in [-0.1, -0.05) is 30.3 Å². The lowest BCUT2D eigenvalue weighted by molar-refractivity contribution is 0.358. The molecular weight excluding hydrogens is 379 g/mol. The summed E-state index contributed by atoms with van der Waals surface area (Å²) in [6.07, 6.45) is 3.90. The van der Waals surface area contributed by atoms with Crippen LogP contribution in [0.15, 0.2) is 35.0 Å². The Morgan fingerprint density at radius 1 is 1.21 bits per heavy atom. The minimum Gasteiger partial charge on any atom is -0.339 e. The summed E-state index contributed by atoms with van der Waals surface area (Å²) in [4.78, 5) is 12.3.